The van der Waals surface area contributed by atoms with Crippen molar-refractivity contribution in [1.29, 1.82) is 0 Å². The van der Waals surface area contributed by atoms with Crippen LogP contribution in [0.5, 0.6) is 0 Å². The molecule has 0 saturated carbocycles. The van der Waals surface area contributed by atoms with Crippen LogP contribution in [0, 0.1) is 5.82 Å². The van der Waals surface area contributed by atoms with E-state index in [2.05, 4.69) is 31.7 Å². The summed E-state index contributed by atoms with van der Waals surface area (Å²) in [6.45, 7) is 6.47. The van der Waals surface area contributed by atoms with Crippen LogP contribution in [0.2, 0.25) is 0 Å². The van der Waals surface area contributed by atoms with E-state index in [1.807, 2.05) is 0 Å². The molecule has 0 aromatic carbocycles. The smallest absolute Gasteiger partial charge is 0.225 e. The summed E-state index contributed by atoms with van der Waals surface area (Å²) in [4.78, 5) is 15.0. The van der Waals surface area contributed by atoms with Crippen LogP contribution in [0.3, 0.4) is 0 Å². The Labute approximate surface area is 106 Å². The summed E-state index contributed by atoms with van der Waals surface area (Å²) in [6, 6.07) is 0.604. The standard InChI is InChI=1S/C12H18FN5/c1-16-2-4-17(5-3-16)11-8-18(9-11)12-14-6-10(13)7-15-12/h6-7,11H,2-5,8-9H2,1H3. The van der Waals surface area contributed by atoms with E-state index in [0.717, 1.165) is 39.3 Å². The lowest BCUT2D eigenvalue weighted by Crippen LogP contribution is -2.63. The van der Waals surface area contributed by atoms with Crippen LogP contribution in [0.15, 0.2) is 12.4 Å². The molecular formula is C12H18FN5. The highest BCUT2D eigenvalue weighted by Gasteiger charge is 2.34. The molecule has 0 aliphatic carbocycles. The molecule has 0 unspecified atom stereocenters. The summed E-state index contributed by atoms with van der Waals surface area (Å²) in [6.07, 6.45) is 2.46. The van der Waals surface area contributed by atoms with Crippen LogP contribution in [-0.4, -0.2) is 72.1 Å². The molecule has 0 spiro atoms. The van der Waals surface area contributed by atoms with Crippen molar-refractivity contribution in [2.24, 2.45) is 0 Å². The van der Waals surface area contributed by atoms with Crippen molar-refractivity contribution in [2.45, 2.75) is 6.04 Å². The molecular weight excluding hydrogens is 233 g/mol. The van der Waals surface area contributed by atoms with Gasteiger partial charge in [-0.05, 0) is 7.05 Å². The normalized spacial score (nSPS) is 23.1. The maximum Gasteiger partial charge on any atom is 0.225 e. The molecule has 98 valence electrons. The second kappa shape index (κ2) is 4.78. The molecule has 6 heteroatoms. The molecule has 18 heavy (non-hydrogen) atoms. The van der Waals surface area contributed by atoms with E-state index in [1.165, 1.54) is 12.4 Å². The Hall–Kier alpha value is -1.27. The van der Waals surface area contributed by atoms with Crippen LogP contribution in [0.4, 0.5) is 10.3 Å². The van der Waals surface area contributed by atoms with Crippen LogP contribution in [0.25, 0.3) is 0 Å². The van der Waals surface area contributed by atoms with Gasteiger partial charge >= 0.3 is 0 Å². The average Bonchev–Trinajstić information content (AvgIpc) is 2.32. The Balaban J connectivity index is 1.52. The molecule has 0 atom stereocenters. The number of hydrogen-bond donors (Lipinski definition) is 0. The first-order valence-electron chi connectivity index (χ1n) is 6.37. The van der Waals surface area contributed by atoms with Crippen LogP contribution >= 0.6 is 0 Å². The van der Waals surface area contributed by atoms with E-state index in [1.54, 1.807) is 0 Å². The summed E-state index contributed by atoms with van der Waals surface area (Å²) in [5, 5.41) is 0. The molecule has 0 amide bonds. The molecule has 1 aromatic heterocycles. The van der Waals surface area contributed by atoms with Gasteiger partial charge in [0.05, 0.1) is 12.4 Å². The average molecular weight is 251 g/mol. The van der Waals surface area contributed by atoms with Gasteiger partial charge in [-0.1, -0.05) is 0 Å². The van der Waals surface area contributed by atoms with E-state index in [9.17, 15) is 4.39 Å². The minimum atomic E-state index is -0.380. The number of piperazine rings is 1. The number of rotatable bonds is 2. The molecule has 0 N–H and O–H groups in total. The van der Waals surface area contributed by atoms with Crippen molar-refractivity contribution in [3.8, 4) is 0 Å². The molecule has 0 radical (unpaired) electrons. The van der Waals surface area contributed by atoms with E-state index >= 15 is 0 Å². The van der Waals surface area contributed by atoms with Crippen LogP contribution in [0.1, 0.15) is 0 Å². The molecule has 2 fully saturated rings. The first-order valence-corrected chi connectivity index (χ1v) is 6.37. The number of aromatic nitrogens is 2. The Morgan fingerprint density at radius 3 is 2.33 bits per heavy atom. The van der Waals surface area contributed by atoms with E-state index < -0.39 is 0 Å². The van der Waals surface area contributed by atoms with Crippen molar-refractivity contribution in [1.82, 2.24) is 19.8 Å². The number of hydrogen-bond acceptors (Lipinski definition) is 5. The van der Waals surface area contributed by atoms with Gasteiger partial charge in [0, 0.05) is 45.3 Å². The van der Waals surface area contributed by atoms with Gasteiger partial charge in [-0.3, -0.25) is 4.90 Å². The third-order valence-corrected chi connectivity index (χ3v) is 3.81. The SMILES string of the molecule is CN1CCN(C2CN(c3ncc(F)cn3)C2)CC1. The zero-order chi connectivity index (χ0) is 12.5. The highest BCUT2D eigenvalue weighted by atomic mass is 19.1. The molecule has 1 aromatic rings. The Bertz CT molecular complexity index is 395. The lowest BCUT2D eigenvalue weighted by molar-refractivity contribution is 0.0957. The second-order valence-electron chi connectivity index (χ2n) is 5.10. The third-order valence-electron chi connectivity index (χ3n) is 3.81. The monoisotopic (exact) mass is 251 g/mol. The molecule has 2 aliphatic rings. The van der Waals surface area contributed by atoms with Gasteiger partial charge in [-0.15, -0.1) is 0 Å². The first-order chi connectivity index (χ1) is 8.72. The van der Waals surface area contributed by atoms with Gasteiger partial charge in [0.15, 0.2) is 5.82 Å². The number of halogens is 1. The summed E-state index contributed by atoms with van der Waals surface area (Å²) >= 11 is 0. The maximum absolute atomic E-state index is 12.7. The van der Waals surface area contributed by atoms with Crippen molar-refractivity contribution in [3.63, 3.8) is 0 Å². The Kier molecular flexibility index (Phi) is 3.13. The third kappa shape index (κ3) is 2.30. The fourth-order valence-electron chi connectivity index (χ4n) is 2.51. The lowest BCUT2D eigenvalue weighted by Gasteiger charge is -2.47. The van der Waals surface area contributed by atoms with Crippen molar-refractivity contribution >= 4 is 5.95 Å². The maximum atomic E-state index is 12.7. The number of nitrogens with zero attached hydrogens (tertiary/aromatic N) is 5. The number of likely N-dealkylation sites (N-methyl/N-ethyl adjacent to an activating group) is 1. The van der Waals surface area contributed by atoms with E-state index in [-0.39, 0.29) is 5.82 Å². The minimum absolute atomic E-state index is 0.380. The van der Waals surface area contributed by atoms with Gasteiger partial charge in [-0.2, -0.15) is 0 Å². The number of anilines is 1. The quantitative estimate of drug-likeness (QED) is 0.742. The molecule has 5 nitrogen and oxygen atoms in total. The molecule has 2 saturated heterocycles. The zero-order valence-corrected chi connectivity index (χ0v) is 10.6. The molecule has 2 aliphatic heterocycles. The van der Waals surface area contributed by atoms with Crippen LogP contribution < -0.4 is 4.90 Å². The fraction of sp³-hybridized carbons (Fsp3) is 0.667. The lowest BCUT2D eigenvalue weighted by atomic mass is 10.1. The summed E-state index contributed by atoms with van der Waals surface area (Å²) in [5.41, 5.74) is 0. The predicted octanol–water partition coefficient (Wildman–Crippen LogP) is 0.0517. The van der Waals surface area contributed by atoms with Crippen molar-refractivity contribution in [2.75, 3.05) is 51.2 Å². The Morgan fingerprint density at radius 2 is 1.72 bits per heavy atom. The van der Waals surface area contributed by atoms with Crippen molar-refractivity contribution < 1.29 is 4.39 Å². The largest absolute Gasteiger partial charge is 0.338 e. The van der Waals surface area contributed by atoms with Gasteiger partial charge in [0.25, 0.3) is 0 Å². The molecule has 3 rings (SSSR count). The highest BCUT2D eigenvalue weighted by molar-refractivity contribution is 5.34. The van der Waals surface area contributed by atoms with E-state index in [0.29, 0.717) is 12.0 Å². The molecule has 0 bridgehead atoms. The highest BCUT2D eigenvalue weighted by Crippen LogP contribution is 2.20. The fourth-order valence-corrected chi connectivity index (χ4v) is 2.51. The van der Waals surface area contributed by atoms with Gasteiger partial charge < -0.3 is 9.80 Å². The second-order valence-corrected chi connectivity index (χ2v) is 5.10. The zero-order valence-electron chi connectivity index (χ0n) is 10.6. The van der Waals surface area contributed by atoms with Gasteiger partial charge in [-0.25, -0.2) is 14.4 Å². The molecule has 3 heterocycles. The summed E-state index contributed by atoms with van der Waals surface area (Å²) in [5.74, 6) is 0.261. The predicted molar refractivity (Wildman–Crippen MR) is 67.1 cm³/mol. The topological polar surface area (TPSA) is 35.5 Å². The minimum Gasteiger partial charge on any atom is -0.338 e. The van der Waals surface area contributed by atoms with Gasteiger partial charge in [0.1, 0.15) is 0 Å². The Morgan fingerprint density at radius 1 is 1.11 bits per heavy atom. The first kappa shape index (κ1) is 11.8. The van der Waals surface area contributed by atoms with Crippen molar-refractivity contribution in [3.05, 3.63) is 18.2 Å². The summed E-state index contributed by atoms with van der Waals surface area (Å²) in [7, 11) is 2.16. The van der Waals surface area contributed by atoms with Gasteiger partial charge in [0.2, 0.25) is 5.95 Å². The van der Waals surface area contributed by atoms with Crippen LogP contribution in [-0.2, 0) is 0 Å². The van der Waals surface area contributed by atoms with E-state index in [4.69, 9.17) is 0 Å². The summed E-state index contributed by atoms with van der Waals surface area (Å²) < 4.78 is 12.7.